The maximum atomic E-state index is 13.6. The molecular weight excluding hydrogens is 408 g/mol. The smallest absolute Gasteiger partial charge is 0.158 e. The Morgan fingerprint density at radius 2 is 1.94 bits per heavy atom. The summed E-state index contributed by atoms with van der Waals surface area (Å²) in [6.45, 7) is 7.27. The predicted octanol–water partition coefficient (Wildman–Crippen LogP) is 5.23. The minimum atomic E-state index is -0.451. The van der Waals surface area contributed by atoms with Crippen LogP contribution in [-0.2, 0) is 11.3 Å². The molecule has 4 nitrogen and oxygen atoms in total. The summed E-state index contributed by atoms with van der Waals surface area (Å²) in [6.07, 6.45) is 11.7. The molecule has 5 saturated carbocycles. The van der Waals surface area contributed by atoms with Gasteiger partial charge in [-0.25, -0.2) is 0 Å². The number of aromatic nitrogens is 2. The van der Waals surface area contributed by atoms with E-state index >= 15 is 0 Å². The van der Waals surface area contributed by atoms with Crippen molar-refractivity contribution in [2.45, 2.75) is 77.9 Å². The van der Waals surface area contributed by atoms with Gasteiger partial charge in [0.25, 0.3) is 0 Å². The summed E-state index contributed by atoms with van der Waals surface area (Å²) in [6, 6.07) is 0. The Kier molecular flexibility index (Phi) is 4.56. The van der Waals surface area contributed by atoms with Crippen molar-refractivity contribution in [3.8, 4) is 0 Å². The van der Waals surface area contributed by atoms with Crippen molar-refractivity contribution in [3.05, 3.63) is 17.4 Å². The molecule has 1 N–H and O–H groups in total. The third-order valence-corrected chi connectivity index (χ3v) is 11.0. The van der Waals surface area contributed by atoms with E-state index in [-0.39, 0.29) is 11.3 Å². The molecule has 31 heavy (non-hydrogen) atoms. The van der Waals surface area contributed by atoms with Gasteiger partial charge < -0.3 is 5.11 Å². The van der Waals surface area contributed by atoms with Gasteiger partial charge in [0.2, 0.25) is 0 Å². The van der Waals surface area contributed by atoms with Gasteiger partial charge in [0, 0.05) is 12.1 Å². The normalized spacial score (nSPS) is 52.6. The van der Waals surface area contributed by atoms with E-state index in [9.17, 15) is 9.90 Å². The fourth-order valence-electron chi connectivity index (χ4n) is 9.77. The third-order valence-electron chi connectivity index (χ3n) is 10.8. The van der Waals surface area contributed by atoms with Gasteiger partial charge in [-0.15, -0.1) is 0 Å². The number of Topliss-reactive ketones (excluding diaryl/α,β-unsaturated/α-hetero) is 1. The lowest BCUT2D eigenvalue weighted by Gasteiger charge is -2.58. The van der Waals surface area contributed by atoms with E-state index in [4.69, 9.17) is 11.6 Å². The van der Waals surface area contributed by atoms with Gasteiger partial charge in [0.15, 0.2) is 5.78 Å². The highest BCUT2D eigenvalue weighted by molar-refractivity contribution is 6.30. The SMILES string of the molecule is C[C@H]1C2[C@H]1[C@H](C(=O)Cn1cc(Cl)cn1)[C@@]1(C)CC[C@H]3[C@@H](CC[C@@H]4C[C@](C)(O)CC[C@@H]43)[C@H]21. The Labute approximate surface area is 191 Å². The fourth-order valence-corrected chi connectivity index (χ4v) is 9.92. The lowest BCUT2D eigenvalue weighted by Crippen LogP contribution is -2.52. The molecular formula is C26H37ClN2O2. The Balaban J connectivity index is 1.26. The summed E-state index contributed by atoms with van der Waals surface area (Å²) in [7, 11) is 0. The van der Waals surface area contributed by atoms with Crippen LogP contribution in [0.3, 0.4) is 0 Å². The molecule has 6 rings (SSSR count). The molecule has 0 aliphatic heterocycles. The highest BCUT2D eigenvalue weighted by atomic mass is 35.5. The number of halogens is 1. The average Bonchev–Trinajstić information content (AvgIpc) is 3.03. The summed E-state index contributed by atoms with van der Waals surface area (Å²) < 4.78 is 1.73. The largest absolute Gasteiger partial charge is 0.390 e. The van der Waals surface area contributed by atoms with Crippen molar-refractivity contribution in [2.75, 3.05) is 0 Å². The second-order valence-corrected chi connectivity index (χ2v) is 12.9. The number of hydrogen-bond donors (Lipinski definition) is 1. The maximum Gasteiger partial charge on any atom is 0.158 e. The van der Waals surface area contributed by atoms with E-state index in [1.54, 1.807) is 17.1 Å². The molecule has 1 aromatic heterocycles. The number of hydrogen-bond acceptors (Lipinski definition) is 3. The monoisotopic (exact) mass is 444 g/mol. The second-order valence-electron chi connectivity index (χ2n) is 12.5. The number of aliphatic hydroxyl groups is 1. The Bertz CT molecular complexity index is 896. The third kappa shape index (κ3) is 3.03. The van der Waals surface area contributed by atoms with Crippen LogP contribution in [-0.4, -0.2) is 26.3 Å². The molecule has 0 bridgehead atoms. The molecule has 5 aliphatic rings. The van der Waals surface area contributed by atoms with E-state index in [1.165, 1.54) is 32.1 Å². The lowest BCUT2D eigenvalue weighted by molar-refractivity contribution is -0.137. The minimum absolute atomic E-state index is 0.157. The van der Waals surface area contributed by atoms with E-state index in [2.05, 4.69) is 18.9 Å². The van der Waals surface area contributed by atoms with Crippen LogP contribution < -0.4 is 0 Å². The Morgan fingerprint density at radius 3 is 2.68 bits per heavy atom. The van der Waals surface area contributed by atoms with E-state index in [0.29, 0.717) is 41.0 Å². The van der Waals surface area contributed by atoms with Crippen LogP contribution in [0.2, 0.25) is 5.02 Å². The zero-order chi connectivity index (χ0) is 21.7. The number of carbonyl (C=O) groups excluding carboxylic acids is 1. The van der Waals surface area contributed by atoms with Gasteiger partial charge in [-0.1, -0.05) is 25.4 Å². The van der Waals surface area contributed by atoms with Crippen molar-refractivity contribution in [1.82, 2.24) is 9.78 Å². The van der Waals surface area contributed by atoms with Crippen LogP contribution in [0.1, 0.15) is 65.7 Å². The van der Waals surface area contributed by atoms with Crippen LogP contribution >= 0.6 is 11.6 Å². The lowest BCUT2D eigenvalue weighted by atomic mass is 9.47. The maximum absolute atomic E-state index is 13.6. The zero-order valence-corrected chi connectivity index (χ0v) is 19.9. The molecule has 1 aromatic rings. The first-order valence-electron chi connectivity index (χ1n) is 12.6. The topological polar surface area (TPSA) is 55.1 Å². The van der Waals surface area contributed by atoms with Crippen molar-refractivity contribution in [1.29, 1.82) is 0 Å². The van der Waals surface area contributed by atoms with Crippen LogP contribution in [0, 0.1) is 58.7 Å². The number of nitrogens with zero attached hydrogens (tertiary/aromatic N) is 2. The van der Waals surface area contributed by atoms with Gasteiger partial charge in [0.1, 0.15) is 0 Å². The first-order valence-corrected chi connectivity index (χ1v) is 13.0. The first kappa shape index (κ1) is 20.7. The molecule has 5 aliphatic carbocycles. The van der Waals surface area contributed by atoms with Gasteiger partial charge >= 0.3 is 0 Å². The molecule has 0 spiro atoms. The van der Waals surface area contributed by atoms with Gasteiger partial charge in [-0.3, -0.25) is 9.48 Å². The zero-order valence-electron chi connectivity index (χ0n) is 19.1. The number of rotatable bonds is 3. The Hall–Kier alpha value is -0.870. The fraction of sp³-hybridized carbons (Fsp3) is 0.846. The van der Waals surface area contributed by atoms with Crippen LogP contribution in [0.4, 0.5) is 0 Å². The Morgan fingerprint density at radius 1 is 1.16 bits per heavy atom. The summed E-state index contributed by atoms with van der Waals surface area (Å²) in [5.41, 5.74) is -0.294. The van der Waals surface area contributed by atoms with Gasteiger partial charge in [-0.2, -0.15) is 5.10 Å². The summed E-state index contributed by atoms with van der Waals surface area (Å²) in [4.78, 5) is 13.6. The molecule has 0 amide bonds. The highest BCUT2D eigenvalue weighted by Crippen LogP contribution is 2.76. The molecule has 11 atom stereocenters. The predicted molar refractivity (Wildman–Crippen MR) is 120 cm³/mol. The van der Waals surface area contributed by atoms with Crippen LogP contribution in [0.5, 0.6) is 0 Å². The molecule has 0 saturated heterocycles. The first-order chi connectivity index (χ1) is 14.7. The van der Waals surface area contributed by atoms with E-state index < -0.39 is 5.60 Å². The van der Waals surface area contributed by atoms with Gasteiger partial charge in [0.05, 0.1) is 23.4 Å². The standard InChI is InChI=1S/C26H37ClN2O2/c1-14-21-22(14)24(20(30)13-29-12-16(27)11-28-29)26(3)9-7-18-17-6-8-25(2,31)10-15(17)4-5-19(18)23(21)26/h11-12,14-15,17-19,21-24,31H,4-10,13H2,1-3H3/t14-,15+,17-,18+,19+,21?,22-,23+,24-,25+,26-/m0/s1. The highest BCUT2D eigenvalue weighted by Gasteiger charge is 2.73. The van der Waals surface area contributed by atoms with Crippen molar-refractivity contribution in [2.24, 2.45) is 58.7 Å². The molecule has 5 fully saturated rings. The molecule has 5 heteroatoms. The van der Waals surface area contributed by atoms with Crippen LogP contribution in [0.25, 0.3) is 0 Å². The summed E-state index contributed by atoms with van der Waals surface area (Å²) in [5, 5.41) is 15.5. The number of carbonyl (C=O) groups is 1. The van der Waals surface area contributed by atoms with Crippen LogP contribution in [0.15, 0.2) is 12.4 Å². The summed E-state index contributed by atoms with van der Waals surface area (Å²) >= 11 is 6.04. The second kappa shape index (κ2) is 6.82. The average molecular weight is 445 g/mol. The minimum Gasteiger partial charge on any atom is -0.390 e. The number of fused-ring (bicyclic) bond motifs is 7. The number of ketones is 1. The molecule has 1 unspecified atom stereocenters. The molecule has 170 valence electrons. The summed E-state index contributed by atoms with van der Waals surface area (Å²) in [5.74, 6) is 6.42. The molecule has 1 heterocycles. The molecule has 0 aromatic carbocycles. The molecule has 0 radical (unpaired) electrons. The van der Waals surface area contributed by atoms with Crippen molar-refractivity contribution < 1.29 is 9.90 Å². The quantitative estimate of drug-likeness (QED) is 0.694. The van der Waals surface area contributed by atoms with Crippen molar-refractivity contribution in [3.63, 3.8) is 0 Å². The van der Waals surface area contributed by atoms with E-state index in [0.717, 1.165) is 36.5 Å². The van der Waals surface area contributed by atoms with Crippen molar-refractivity contribution >= 4 is 17.4 Å². The van der Waals surface area contributed by atoms with E-state index in [1.807, 2.05) is 6.92 Å². The van der Waals surface area contributed by atoms with Gasteiger partial charge in [-0.05, 0) is 105 Å².